The van der Waals surface area contributed by atoms with E-state index in [1.807, 2.05) is 0 Å². The summed E-state index contributed by atoms with van der Waals surface area (Å²) >= 11 is 0. The van der Waals surface area contributed by atoms with Crippen LogP contribution in [0.1, 0.15) is 22.8 Å². The molecule has 0 saturated carbocycles. The van der Waals surface area contributed by atoms with Gasteiger partial charge in [-0.25, -0.2) is 9.18 Å². The summed E-state index contributed by atoms with van der Waals surface area (Å²) in [6.45, 7) is 2.35. The summed E-state index contributed by atoms with van der Waals surface area (Å²) in [5, 5.41) is 8.97. The van der Waals surface area contributed by atoms with Crippen LogP contribution in [0.2, 0.25) is 0 Å². The molecule has 0 bridgehead atoms. The van der Waals surface area contributed by atoms with E-state index in [4.69, 9.17) is 14.6 Å². The predicted octanol–water partition coefficient (Wildman–Crippen LogP) is 3.50. The summed E-state index contributed by atoms with van der Waals surface area (Å²) in [4.78, 5) is 10.9. The van der Waals surface area contributed by atoms with E-state index in [2.05, 4.69) is 0 Å². The number of aromatic carboxylic acids is 1. The minimum Gasteiger partial charge on any atom is -0.490 e. The van der Waals surface area contributed by atoms with Gasteiger partial charge in [-0.15, -0.1) is 0 Å². The number of hydrogen-bond donors (Lipinski definition) is 1. The molecule has 0 aliphatic heterocycles. The van der Waals surface area contributed by atoms with Crippen LogP contribution in [-0.2, 0) is 6.61 Å². The van der Waals surface area contributed by atoms with Crippen molar-refractivity contribution in [2.75, 3.05) is 6.61 Å². The minimum absolute atomic E-state index is 0.122. The van der Waals surface area contributed by atoms with Gasteiger partial charge in [0.15, 0.2) is 11.5 Å². The molecule has 0 aliphatic carbocycles. The highest BCUT2D eigenvalue weighted by atomic mass is 19.1. The molecule has 110 valence electrons. The van der Waals surface area contributed by atoms with Crippen molar-refractivity contribution in [1.29, 1.82) is 0 Å². The molecule has 2 rings (SSSR count). The maximum Gasteiger partial charge on any atom is 0.335 e. The van der Waals surface area contributed by atoms with Crippen LogP contribution >= 0.6 is 0 Å². The molecule has 21 heavy (non-hydrogen) atoms. The predicted molar refractivity (Wildman–Crippen MR) is 75.3 cm³/mol. The lowest BCUT2D eigenvalue weighted by Crippen LogP contribution is -2.02. The Morgan fingerprint density at radius 3 is 2.62 bits per heavy atom. The minimum atomic E-state index is -1.03. The van der Waals surface area contributed by atoms with E-state index >= 15 is 0 Å². The Labute approximate surface area is 121 Å². The average molecular weight is 290 g/mol. The van der Waals surface area contributed by atoms with E-state index in [1.54, 1.807) is 19.1 Å². The third-order valence-corrected chi connectivity index (χ3v) is 2.77. The number of ether oxygens (including phenoxy) is 2. The number of carboxylic acids is 1. The van der Waals surface area contributed by atoms with Crippen LogP contribution < -0.4 is 9.47 Å². The summed E-state index contributed by atoms with van der Waals surface area (Å²) in [5.41, 5.74) is 0.802. The summed E-state index contributed by atoms with van der Waals surface area (Å²) in [6.07, 6.45) is 0. The lowest BCUT2D eigenvalue weighted by molar-refractivity contribution is 0.0696. The van der Waals surface area contributed by atoms with Crippen molar-refractivity contribution in [1.82, 2.24) is 0 Å². The molecule has 1 N–H and O–H groups in total. The zero-order chi connectivity index (χ0) is 15.2. The van der Waals surface area contributed by atoms with Crippen molar-refractivity contribution in [2.24, 2.45) is 0 Å². The Bertz CT molecular complexity index is 640. The van der Waals surface area contributed by atoms with Crippen LogP contribution in [0, 0.1) is 5.82 Å². The SMILES string of the molecule is CCOc1cc(C(=O)O)ccc1OCc1cccc(F)c1. The van der Waals surface area contributed by atoms with Gasteiger partial charge in [-0.3, -0.25) is 0 Å². The Morgan fingerprint density at radius 1 is 1.14 bits per heavy atom. The quantitative estimate of drug-likeness (QED) is 0.884. The molecule has 4 nitrogen and oxygen atoms in total. The van der Waals surface area contributed by atoms with Crippen LogP contribution in [-0.4, -0.2) is 17.7 Å². The highest BCUT2D eigenvalue weighted by Crippen LogP contribution is 2.29. The van der Waals surface area contributed by atoms with Gasteiger partial charge in [0.25, 0.3) is 0 Å². The van der Waals surface area contributed by atoms with Crippen LogP contribution in [0.4, 0.5) is 4.39 Å². The Hall–Kier alpha value is -2.56. The second kappa shape index (κ2) is 6.74. The second-order valence-electron chi connectivity index (χ2n) is 4.32. The van der Waals surface area contributed by atoms with Crippen molar-refractivity contribution < 1.29 is 23.8 Å². The zero-order valence-corrected chi connectivity index (χ0v) is 11.5. The van der Waals surface area contributed by atoms with E-state index < -0.39 is 5.97 Å². The molecule has 0 amide bonds. The molecule has 2 aromatic carbocycles. The zero-order valence-electron chi connectivity index (χ0n) is 11.5. The van der Waals surface area contributed by atoms with Crippen molar-refractivity contribution in [3.05, 3.63) is 59.4 Å². The fourth-order valence-corrected chi connectivity index (χ4v) is 1.82. The summed E-state index contributed by atoms with van der Waals surface area (Å²) < 4.78 is 24.0. The summed E-state index contributed by atoms with van der Waals surface area (Å²) in [7, 11) is 0. The number of hydrogen-bond acceptors (Lipinski definition) is 3. The molecule has 0 aromatic heterocycles. The summed E-state index contributed by atoms with van der Waals surface area (Å²) in [6, 6.07) is 10.5. The number of carbonyl (C=O) groups is 1. The normalized spacial score (nSPS) is 10.2. The van der Waals surface area contributed by atoms with Crippen LogP contribution in [0.3, 0.4) is 0 Å². The molecule has 2 aromatic rings. The van der Waals surface area contributed by atoms with Gasteiger partial charge >= 0.3 is 5.97 Å². The van der Waals surface area contributed by atoms with Gasteiger partial charge in [0.05, 0.1) is 12.2 Å². The largest absolute Gasteiger partial charge is 0.490 e. The van der Waals surface area contributed by atoms with Gasteiger partial charge < -0.3 is 14.6 Å². The van der Waals surface area contributed by atoms with E-state index in [9.17, 15) is 9.18 Å². The topological polar surface area (TPSA) is 55.8 Å². The van der Waals surface area contributed by atoms with Gasteiger partial charge in [0.1, 0.15) is 12.4 Å². The summed E-state index contributed by atoms with van der Waals surface area (Å²) in [5.74, 6) is -0.588. The first kappa shape index (κ1) is 14.8. The fraction of sp³-hybridized carbons (Fsp3) is 0.188. The molecular formula is C16H15FO4. The first-order valence-electron chi connectivity index (χ1n) is 6.47. The Balaban J connectivity index is 2.16. The van der Waals surface area contributed by atoms with Crippen LogP contribution in [0.25, 0.3) is 0 Å². The number of halogens is 1. The van der Waals surface area contributed by atoms with Gasteiger partial charge in [0.2, 0.25) is 0 Å². The number of rotatable bonds is 6. The Morgan fingerprint density at radius 2 is 1.95 bits per heavy atom. The van der Waals surface area contributed by atoms with Gasteiger partial charge in [0, 0.05) is 0 Å². The molecule has 0 radical (unpaired) electrons. The fourth-order valence-electron chi connectivity index (χ4n) is 1.82. The molecule has 5 heteroatoms. The smallest absolute Gasteiger partial charge is 0.335 e. The molecule has 0 heterocycles. The first-order chi connectivity index (χ1) is 10.1. The first-order valence-corrected chi connectivity index (χ1v) is 6.47. The Kier molecular flexibility index (Phi) is 4.77. The van der Waals surface area contributed by atoms with Crippen molar-refractivity contribution in [3.8, 4) is 11.5 Å². The third-order valence-electron chi connectivity index (χ3n) is 2.77. The maximum atomic E-state index is 13.1. The van der Waals surface area contributed by atoms with Gasteiger partial charge in [-0.2, -0.15) is 0 Å². The lowest BCUT2D eigenvalue weighted by Gasteiger charge is -2.12. The standard InChI is InChI=1S/C16H15FO4/c1-2-20-15-9-12(16(18)19)6-7-14(15)21-10-11-4-3-5-13(17)8-11/h3-9H,2,10H2,1H3,(H,18,19). The molecule has 0 saturated heterocycles. The van der Waals surface area contributed by atoms with Crippen molar-refractivity contribution in [2.45, 2.75) is 13.5 Å². The highest BCUT2D eigenvalue weighted by molar-refractivity contribution is 5.88. The van der Waals surface area contributed by atoms with Gasteiger partial charge in [-0.05, 0) is 42.8 Å². The second-order valence-corrected chi connectivity index (χ2v) is 4.32. The highest BCUT2D eigenvalue weighted by Gasteiger charge is 2.10. The molecule has 0 unspecified atom stereocenters. The lowest BCUT2D eigenvalue weighted by atomic mass is 10.2. The van der Waals surface area contributed by atoms with E-state index in [1.165, 1.54) is 30.3 Å². The molecule has 0 fully saturated rings. The monoisotopic (exact) mass is 290 g/mol. The molecular weight excluding hydrogens is 275 g/mol. The molecule has 0 aliphatic rings. The number of benzene rings is 2. The van der Waals surface area contributed by atoms with Crippen LogP contribution in [0.15, 0.2) is 42.5 Å². The maximum absolute atomic E-state index is 13.1. The van der Waals surface area contributed by atoms with E-state index in [0.717, 1.165) is 0 Å². The third kappa shape index (κ3) is 3.95. The average Bonchev–Trinajstić information content (AvgIpc) is 2.46. The number of carboxylic acid groups (broad SMARTS) is 1. The van der Waals surface area contributed by atoms with Crippen LogP contribution in [0.5, 0.6) is 11.5 Å². The molecule has 0 spiro atoms. The van der Waals surface area contributed by atoms with Crippen molar-refractivity contribution in [3.63, 3.8) is 0 Å². The van der Waals surface area contributed by atoms with E-state index in [-0.39, 0.29) is 18.0 Å². The molecule has 0 atom stereocenters. The van der Waals surface area contributed by atoms with Gasteiger partial charge in [-0.1, -0.05) is 12.1 Å². The van der Waals surface area contributed by atoms with Crippen molar-refractivity contribution >= 4 is 5.97 Å². The van der Waals surface area contributed by atoms with E-state index in [0.29, 0.717) is 23.7 Å².